The first-order valence-corrected chi connectivity index (χ1v) is 4.22. The monoisotopic (exact) mass is 195 g/mol. The highest BCUT2D eigenvalue weighted by Crippen LogP contribution is 2.06. The summed E-state index contributed by atoms with van der Waals surface area (Å²) < 4.78 is 4.55. The van der Waals surface area contributed by atoms with Gasteiger partial charge in [0, 0.05) is 0 Å². The van der Waals surface area contributed by atoms with E-state index >= 15 is 0 Å². The molecule has 76 valence electrons. The molecule has 0 atom stereocenters. The number of benzene rings is 1. The minimum atomic E-state index is -0.243. The molecule has 0 bridgehead atoms. The van der Waals surface area contributed by atoms with Gasteiger partial charge in [0.15, 0.2) is 0 Å². The van der Waals surface area contributed by atoms with Crippen LogP contribution in [0, 0.1) is 0 Å². The van der Waals surface area contributed by atoms with Crippen molar-refractivity contribution in [3.05, 3.63) is 35.4 Å². The van der Waals surface area contributed by atoms with Crippen LogP contribution >= 0.6 is 0 Å². The molecule has 0 aliphatic heterocycles. The molecule has 2 N–H and O–H groups in total. The summed E-state index contributed by atoms with van der Waals surface area (Å²) in [6.07, 6.45) is 0.292. The van der Waals surface area contributed by atoms with Gasteiger partial charge < -0.3 is 4.74 Å². The van der Waals surface area contributed by atoms with Crippen LogP contribution in [0.4, 0.5) is 0 Å². The Balaban J connectivity index is 2.59. The average Bonchev–Trinajstić information content (AvgIpc) is 2.21. The molecule has 0 amide bonds. The second-order valence-corrected chi connectivity index (χ2v) is 2.88. The molecule has 0 radical (unpaired) electrons. The Morgan fingerprint density at radius 1 is 1.29 bits per heavy atom. The maximum absolute atomic E-state index is 10.9. The van der Waals surface area contributed by atoms with E-state index in [0.717, 1.165) is 11.1 Å². The summed E-state index contributed by atoms with van der Waals surface area (Å²) in [7, 11) is 1.37. The quantitative estimate of drug-likeness (QED) is 0.570. The zero-order valence-electron chi connectivity index (χ0n) is 8.03. The molecule has 0 spiro atoms. The molecule has 0 heterocycles. The maximum Gasteiger partial charge on any atom is 0.309 e. The van der Waals surface area contributed by atoms with Crippen molar-refractivity contribution in [2.24, 2.45) is 5.90 Å². The average molecular weight is 195 g/mol. The van der Waals surface area contributed by atoms with Gasteiger partial charge in [-0.25, -0.2) is 5.90 Å². The van der Waals surface area contributed by atoms with Crippen LogP contribution in [0.5, 0.6) is 0 Å². The number of hydrogen-bond acceptors (Lipinski definition) is 4. The summed E-state index contributed by atoms with van der Waals surface area (Å²) in [5, 5.41) is 0. The summed E-state index contributed by atoms with van der Waals surface area (Å²) in [4.78, 5) is 15.4. The van der Waals surface area contributed by atoms with E-state index in [1.165, 1.54) is 7.11 Å². The number of nitrogens with two attached hydrogens (primary N) is 1. The van der Waals surface area contributed by atoms with Crippen molar-refractivity contribution in [2.45, 2.75) is 13.0 Å². The van der Waals surface area contributed by atoms with Crippen LogP contribution in [-0.2, 0) is 27.4 Å². The third-order valence-electron chi connectivity index (χ3n) is 1.85. The molecular weight excluding hydrogens is 182 g/mol. The molecule has 4 heteroatoms. The first-order chi connectivity index (χ1) is 6.76. The van der Waals surface area contributed by atoms with E-state index in [-0.39, 0.29) is 5.97 Å². The Hall–Kier alpha value is -1.39. The van der Waals surface area contributed by atoms with Gasteiger partial charge in [0.25, 0.3) is 0 Å². The lowest BCUT2D eigenvalue weighted by atomic mass is 10.1. The minimum absolute atomic E-state index is 0.243. The van der Waals surface area contributed by atoms with Crippen LogP contribution in [0.3, 0.4) is 0 Å². The van der Waals surface area contributed by atoms with Gasteiger partial charge in [-0.2, -0.15) is 0 Å². The number of carbonyl (C=O) groups excluding carboxylic acids is 1. The normalized spacial score (nSPS) is 9.86. The lowest BCUT2D eigenvalue weighted by molar-refractivity contribution is -0.139. The summed E-state index contributed by atoms with van der Waals surface area (Å²) in [5.41, 5.74) is 1.89. The Morgan fingerprint density at radius 3 is 2.36 bits per heavy atom. The van der Waals surface area contributed by atoms with Crippen molar-refractivity contribution in [2.75, 3.05) is 7.11 Å². The molecule has 4 nitrogen and oxygen atoms in total. The summed E-state index contributed by atoms with van der Waals surface area (Å²) in [6.45, 7) is 0.374. The molecule has 0 aliphatic carbocycles. The standard InChI is InChI=1S/C10H13NO3/c1-13-10(12)6-8-2-4-9(5-3-8)7-14-11/h2-5H,6-7,11H2,1H3. The van der Waals surface area contributed by atoms with E-state index in [0.29, 0.717) is 13.0 Å². The SMILES string of the molecule is COC(=O)Cc1ccc(CON)cc1. The number of carbonyl (C=O) groups is 1. The van der Waals surface area contributed by atoms with Gasteiger partial charge in [-0.05, 0) is 11.1 Å². The molecular formula is C10H13NO3. The van der Waals surface area contributed by atoms with E-state index in [1.807, 2.05) is 24.3 Å². The fraction of sp³-hybridized carbons (Fsp3) is 0.300. The van der Waals surface area contributed by atoms with Crippen LogP contribution in [0.2, 0.25) is 0 Å². The Morgan fingerprint density at radius 2 is 1.86 bits per heavy atom. The first-order valence-electron chi connectivity index (χ1n) is 4.22. The summed E-state index contributed by atoms with van der Waals surface area (Å²) >= 11 is 0. The molecule has 1 aromatic rings. The van der Waals surface area contributed by atoms with Crippen LogP contribution in [0.1, 0.15) is 11.1 Å². The smallest absolute Gasteiger partial charge is 0.309 e. The van der Waals surface area contributed by atoms with Crippen molar-refractivity contribution in [3.63, 3.8) is 0 Å². The number of methoxy groups -OCH3 is 1. The maximum atomic E-state index is 10.9. The third kappa shape index (κ3) is 3.16. The fourth-order valence-electron chi connectivity index (χ4n) is 1.09. The first kappa shape index (κ1) is 10.7. The predicted molar refractivity (Wildman–Crippen MR) is 51.1 cm³/mol. The summed E-state index contributed by atoms with van der Waals surface area (Å²) in [5.74, 6) is 4.68. The lowest BCUT2D eigenvalue weighted by Gasteiger charge is -2.02. The van der Waals surface area contributed by atoms with Crippen LogP contribution in [-0.4, -0.2) is 13.1 Å². The van der Waals surface area contributed by atoms with Crippen molar-refractivity contribution < 1.29 is 14.4 Å². The van der Waals surface area contributed by atoms with Gasteiger partial charge in [0.1, 0.15) is 0 Å². The van der Waals surface area contributed by atoms with Crippen molar-refractivity contribution in [1.82, 2.24) is 0 Å². The number of hydrogen-bond donors (Lipinski definition) is 1. The minimum Gasteiger partial charge on any atom is -0.469 e. The van der Waals surface area contributed by atoms with Gasteiger partial charge in [-0.3, -0.25) is 9.63 Å². The van der Waals surface area contributed by atoms with Gasteiger partial charge in [0.05, 0.1) is 20.1 Å². The van der Waals surface area contributed by atoms with Crippen molar-refractivity contribution >= 4 is 5.97 Å². The molecule has 1 rings (SSSR count). The van der Waals surface area contributed by atoms with Crippen molar-refractivity contribution in [3.8, 4) is 0 Å². The van der Waals surface area contributed by atoms with Gasteiger partial charge in [-0.15, -0.1) is 0 Å². The fourth-order valence-corrected chi connectivity index (χ4v) is 1.09. The number of ether oxygens (including phenoxy) is 1. The van der Waals surface area contributed by atoms with E-state index in [1.54, 1.807) is 0 Å². The van der Waals surface area contributed by atoms with E-state index < -0.39 is 0 Å². The topological polar surface area (TPSA) is 61.5 Å². The molecule has 0 saturated heterocycles. The Labute approximate surface area is 82.6 Å². The van der Waals surface area contributed by atoms with Gasteiger partial charge >= 0.3 is 5.97 Å². The van der Waals surface area contributed by atoms with E-state index in [4.69, 9.17) is 5.90 Å². The zero-order chi connectivity index (χ0) is 10.4. The lowest BCUT2D eigenvalue weighted by Crippen LogP contribution is -2.04. The van der Waals surface area contributed by atoms with Crippen LogP contribution in [0.15, 0.2) is 24.3 Å². The highest BCUT2D eigenvalue weighted by molar-refractivity contribution is 5.72. The molecule has 0 unspecified atom stereocenters. The zero-order valence-corrected chi connectivity index (χ0v) is 8.03. The molecule has 0 fully saturated rings. The van der Waals surface area contributed by atoms with E-state index in [9.17, 15) is 4.79 Å². The number of esters is 1. The molecule has 0 aromatic heterocycles. The van der Waals surface area contributed by atoms with Crippen molar-refractivity contribution in [1.29, 1.82) is 0 Å². The van der Waals surface area contributed by atoms with Gasteiger partial charge in [-0.1, -0.05) is 24.3 Å². The van der Waals surface area contributed by atoms with Crippen LogP contribution < -0.4 is 5.90 Å². The van der Waals surface area contributed by atoms with Gasteiger partial charge in [0.2, 0.25) is 0 Å². The highest BCUT2D eigenvalue weighted by Gasteiger charge is 2.02. The van der Waals surface area contributed by atoms with E-state index in [2.05, 4.69) is 9.57 Å². The predicted octanol–water partition coefficient (Wildman–Crippen LogP) is 0.792. The second kappa shape index (κ2) is 5.36. The molecule has 0 saturated carbocycles. The molecule has 14 heavy (non-hydrogen) atoms. The van der Waals surface area contributed by atoms with Crippen LogP contribution in [0.25, 0.3) is 0 Å². The molecule has 0 aliphatic rings. The summed E-state index contributed by atoms with van der Waals surface area (Å²) in [6, 6.07) is 7.44. The highest BCUT2D eigenvalue weighted by atomic mass is 16.6. The third-order valence-corrected chi connectivity index (χ3v) is 1.85. The Kier molecular flexibility index (Phi) is 4.10. The number of rotatable bonds is 4. The Bertz CT molecular complexity index is 295. The largest absolute Gasteiger partial charge is 0.469 e. The molecule has 1 aromatic carbocycles. The second-order valence-electron chi connectivity index (χ2n) is 2.88.